The molecule has 0 aliphatic rings. The van der Waals surface area contributed by atoms with E-state index in [0.717, 1.165) is 12.6 Å². The van der Waals surface area contributed by atoms with Gasteiger partial charge in [0.25, 0.3) is 5.69 Å². The summed E-state index contributed by atoms with van der Waals surface area (Å²) in [5.41, 5.74) is -0.0467. The van der Waals surface area contributed by atoms with Crippen LogP contribution in [0.2, 0.25) is 5.02 Å². The van der Waals surface area contributed by atoms with E-state index in [0.29, 0.717) is 12.4 Å². The molecule has 33 heavy (non-hydrogen) atoms. The molecule has 0 heterocycles. The zero-order chi connectivity index (χ0) is 23.1. The fourth-order valence-electron chi connectivity index (χ4n) is 4.09. The summed E-state index contributed by atoms with van der Waals surface area (Å²) in [6.45, 7) is 0.464. The Hall–Kier alpha value is -3.20. The molecule has 0 aromatic heterocycles. The molecule has 0 atom stereocenters. The molecule has 6 heteroatoms. The molecule has 4 aromatic rings. The monoisotopic (exact) mass is 476 g/mol. The van der Waals surface area contributed by atoms with Crippen molar-refractivity contribution in [2.24, 2.45) is 0 Å². The van der Waals surface area contributed by atoms with E-state index >= 15 is 0 Å². The lowest BCUT2D eigenvalue weighted by atomic mass is 10.3. The van der Waals surface area contributed by atoms with E-state index in [1.54, 1.807) is 6.07 Å². The van der Waals surface area contributed by atoms with Crippen LogP contribution < -0.4 is 20.7 Å². The highest BCUT2D eigenvalue weighted by molar-refractivity contribution is 7.95. The molecule has 0 spiro atoms. The lowest BCUT2D eigenvalue weighted by Gasteiger charge is -2.27. The Bertz CT molecular complexity index is 1110. The summed E-state index contributed by atoms with van der Waals surface area (Å²) in [7, 11) is -1.91. The first kappa shape index (κ1) is 23.0. The Labute approximate surface area is 199 Å². The minimum absolute atomic E-state index is 0.0467. The largest absolute Gasteiger partial charge is 0.492 e. The summed E-state index contributed by atoms with van der Waals surface area (Å²) in [6, 6.07) is 36.4. The molecule has 0 aliphatic heterocycles. The number of ether oxygens (including phenoxy) is 1. The molecule has 0 radical (unpaired) electrons. The van der Waals surface area contributed by atoms with Gasteiger partial charge in [0.1, 0.15) is 28.9 Å². The van der Waals surface area contributed by atoms with Gasteiger partial charge in [0, 0.05) is 18.6 Å². The van der Waals surface area contributed by atoms with Gasteiger partial charge in [0.05, 0.1) is 22.7 Å². The Balaban J connectivity index is 1.63. The molecule has 4 aromatic carbocycles. The number of hydrogen-bond acceptors (Lipinski definition) is 3. The van der Waals surface area contributed by atoms with Crippen molar-refractivity contribution in [3.05, 3.63) is 124 Å². The van der Waals surface area contributed by atoms with Crippen LogP contribution in [0.25, 0.3) is 0 Å². The van der Waals surface area contributed by atoms with Gasteiger partial charge >= 0.3 is 0 Å². The zero-order valence-electron chi connectivity index (χ0n) is 18.0. The maximum Gasteiger partial charge on any atom is 0.271 e. The predicted molar refractivity (Wildman–Crippen MR) is 138 cm³/mol. The highest BCUT2D eigenvalue weighted by Gasteiger charge is 2.44. The lowest BCUT2D eigenvalue weighted by Crippen LogP contribution is -2.33. The van der Waals surface area contributed by atoms with Crippen molar-refractivity contribution in [2.75, 3.05) is 12.8 Å². The summed E-state index contributed by atoms with van der Waals surface area (Å²) in [5.74, 6) is 0.463. The molecule has 0 unspecified atom stereocenters. The first-order chi connectivity index (χ1) is 16.1. The van der Waals surface area contributed by atoms with E-state index in [-0.39, 0.29) is 10.7 Å². The number of rotatable bonds is 9. The Morgan fingerprint density at radius 3 is 1.67 bits per heavy atom. The van der Waals surface area contributed by atoms with Crippen molar-refractivity contribution in [1.82, 2.24) is 0 Å². The number of hydrogen-bond donors (Lipinski definition) is 0. The number of benzene rings is 4. The van der Waals surface area contributed by atoms with E-state index in [2.05, 4.69) is 72.8 Å². The molecule has 0 saturated heterocycles. The van der Waals surface area contributed by atoms with Crippen LogP contribution in [-0.2, 0) is 0 Å². The van der Waals surface area contributed by atoms with E-state index in [9.17, 15) is 10.1 Å². The summed E-state index contributed by atoms with van der Waals surface area (Å²) in [4.78, 5) is 10.5. The molecule has 4 nitrogen and oxygen atoms in total. The second kappa shape index (κ2) is 10.6. The average molecular weight is 477 g/mol. The van der Waals surface area contributed by atoms with Crippen molar-refractivity contribution in [1.29, 1.82) is 0 Å². The van der Waals surface area contributed by atoms with Gasteiger partial charge in [-0.25, -0.2) is 0 Å². The summed E-state index contributed by atoms with van der Waals surface area (Å²) in [5, 5.41) is 15.2. The lowest BCUT2D eigenvalue weighted by molar-refractivity contribution is -0.384. The maximum atomic E-state index is 10.9. The first-order valence-corrected chi connectivity index (χ1v) is 13.1. The third-order valence-corrected chi connectivity index (χ3v) is 10.4. The molecule has 0 bridgehead atoms. The maximum absolute atomic E-state index is 10.9. The van der Waals surface area contributed by atoms with Gasteiger partial charge in [-0.3, -0.25) is 10.1 Å². The van der Waals surface area contributed by atoms with E-state index in [1.807, 2.05) is 18.2 Å². The highest BCUT2D eigenvalue weighted by Crippen LogP contribution is 2.55. The quantitative estimate of drug-likeness (QED) is 0.129. The first-order valence-electron chi connectivity index (χ1n) is 10.7. The summed E-state index contributed by atoms with van der Waals surface area (Å²) < 4.78 is 5.94. The number of non-ortho nitro benzene ring substituents is 1. The standard InChI is InChI=1S/C27H24ClNO3P/c28-26-21-22(29(30)31)17-18-27(26)32-19-10-20-33(23-11-4-1-5-12-23,24-13-6-2-7-14-24)25-15-8-3-9-16-25/h1-9,11-18,21H,10,19-20H2/q+1. The molecule has 0 saturated carbocycles. The normalized spacial score (nSPS) is 11.2. The fraction of sp³-hybridized carbons (Fsp3) is 0.111. The number of nitrogens with zero attached hydrogens (tertiary/aromatic N) is 1. The minimum Gasteiger partial charge on any atom is -0.492 e. The van der Waals surface area contributed by atoms with Crippen LogP contribution in [0.1, 0.15) is 6.42 Å². The van der Waals surface area contributed by atoms with Crippen molar-refractivity contribution in [3.8, 4) is 5.75 Å². The van der Waals surface area contributed by atoms with E-state index in [1.165, 1.54) is 28.0 Å². The van der Waals surface area contributed by atoms with Gasteiger partial charge in [-0.05, 0) is 42.5 Å². The minimum atomic E-state index is -1.91. The van der Waals surface area contributed by atoms with Crippen molar-refractivity contribution in [3.63, 3.8) is 0 Å². The topological polar surface area (TPSA) is 52.4 Å². The third-order valence-electron chi connectivity index (χ3n) is 5.61. The highest BCUT2D eigenvalue weighted by atomic mass is 35.5. The van der Waals surface area contributed by atoms with Gasteiger partial charge in [0.2, 0.25) is 0 Å². The summed E-state index contributed by atoms with van der Waals surface area (Å²) in [6.07, 6.45) is 1.73. The van der Waals surface area contributed by atoms with Crippen LogP contribution in [0.5, 0.6) is 5.75 Å². The second-order valence-electron chi connectivity index (χ2n) is 7.61. The SMILES string of the molecule is O=[N+]([O-])c1ccc(OCCC[P+](c2ccccc2)(c2ccccc2)c2ccccc2)c(Cl)c1. The average Bonchev–Trinajstić information content (AvgIpc) is 2.86. The molecular weight excluding hydrogens is 453 g/mol. The molecule has 0 amide bonds. The van der Waals surface area contributed by atoms with E-state index in [4.69, 9.17) is 16.3 Å². The van der Waals surface area contributed by atoms with Crippen LogP contribution in [0.3, 0.4) is 0 Å². The van der Waals surface area contributed by atoms with Crippen LogP contribution in [0, 0.1) is 10.1 Å². The van der Waals surface area contributed by atoms with Crippen molar-refractivity contribution in [2.45, 2.75) is 6.42 Å². The van der Waals surface area contributed by atoms with Crippen LogP contribution in [-0.4, -0.2) is 17.7 Å². The molecule has 0 aliphatic carbocycles. The van der Waals surface area contributed by atoms with Crippen LogP contribution in [0.15, 0.2) is 109 Å². The molecule has 0 N–H and O–H groups in total. The summed E-state index contributed by atoms with van der Waals surface area (Å²) >= 11 is 6.21. The van der Waals surface area contributed by atoms with Gasteiger partial charge < -0.3 is 4.74 Å². The molecule has 166 valence electrons. The van der Waals surface area contributed by atoms with Gasteiger partial charge in [0.15, 0.2) is 0 Å². The second-order valence-corrected chi connectivity index (χ2v) is 11.6. The van der Waals surface area contributed by atoms with Crippen LogP contribution >= 0.6 is 18.9 Å². The number of nitro groups is 1. The van der Waals surface area contributed by atoms with Gasteiger partial charge in [-0.15, -0.1) is 0 Å². The zero-order valence-corrected chi connectivity index (χ0v) is 19.7. The molecule has 4 rings (SSSR count). The number of nitro benzene ring substituents is 1. The van der Waals surface area contributed by atoms with Crippen LogP contribution in [0.4, 0.5) is 5.69 Å². The Morgan fingerprint density at radius 2 is 1.24 bits per heavy atom. The Kier molecular flexibility index (Phi) is 7.39. The smallest absolute Gasteiger partial charge is 0.271 e. The molecular formula is C27H24ClNO3P+. The molecule has 0 fully saturated rings. The van der Waals surface area contributed by atoms with Gasteiger partial charge in [-0.1, -0.05) is 66.2 Å². The predicted octanol–water partition coefficient (Wildman–Crippen LogP) is 6.01. The van der Waals surface area contributed by atoms with Crippen molar-refractivity contribution >= 4 is 40.5 Å². The fourth-order valence-corrected chi connectivity index (χ4v) is 8.63. The van der Waals surface area contributed by atoms with Gasteiger partial charge in [-0.2, -0.15) is 0 Å². The van der Waals surface area contributed by atoms with Crippen molar-refractivity contribution < 1.29 is 9.66 Å². The third kappa shape index (κ3) is 5.08. The van der Waals surface area contributed by atoms with E-state index < -0.39 is 12.2 Å². The number of halogens is 1. The Morgan fingerprint density at radius 1 is 0.758 bits per heavy atom.